The number of fused-ring (bicyclic) bond motifs is 5. The third kappa shape index (κ3) is 6.46. The van der Waals surface area contributed by atoms with Crippen LogP contribution in [0.1, 0.15) is 59.6 Å². The summed E-state index contributed by atoms with van der Waals surface area (Å²) in [5.41, 5.74) is -1.48. The van der Waals surface area contributed by atoms with Crippen molar-refractivity contribution in [1.82, 2.24) is 14.2 Å². The fourth-order valence-electron chi connectivity index (χ4n) is 8.62. The fourth-order valence-corrected chi connectivity index (χ4v) is 10.3. The predicted octanol–water partition coefficient (Wildman–Crippen LogP) is 3.71. The molecule has 1 aliphatic carbocycles. The standard InChI is InChI=1S/C39H42ClN3O12S/c1-20-12-27(45)33(37(48)39(20)38(49)34-29(53-3)16-30(54-4)35(40)36(34)55-39)24(22-8-9-26(44)28(14-22)52-2)15-31(46)41-10-11-56(50,51)42-17-21-13-23(19-42)25-6-5-7-32(47)43(25)18-21/h5-9,14,16,20-21,23-24,44,48H,10-13,15,17-19H2,1-4H3,(H,41,46)/t20-,21?,23?,24?,39+/m1/s1. The molecule has 3 aromatic rings. The fraction of sp³-hybridized carbons (Fsp3) is 0.436. The van der Waals surface area contributed by atoms with Gasteiger partial charge in [-0.05, 0) is 36.1 Å². The topological polar surface area (TPSA) is 200 Å². The number of phenolic OH excluding ortho intramolecular Hbond substituents is 1. The second kappa shape index (κ2) is 14.8. The number of aliphatic hydroxyl groups excluding tert-OH is 1. The number of Topliss-reactive ketones (excluding diaryl/α,β-unsaturated/α-hetero) is 2. The highest BCUT2D eigenvalue weighted by atomic mass is 35.5. The van der Waals surface area contributed by atoms with Crippen LogP contribution in [0.15, 0.2) is 58.6 Å². The number of aliphatic hydroxyl groups is 1. The van der Waals surface area contributed by atoms with Crippen molar-refractivity contribution in [3.05, 3.63) is 86.0 Å². The minimum Gasteiger partial charge on any atom is -0.507 e. The number of allylic oxidation sites excluding steroid dienone is 1. The number of halogens is 1. The van der Waals surface area contributed by atoms with Gasteiger partial charge in [-0.1, -0.05) is 30.7 Å². The molecule has 298 valence electrons. The van der Waals surface area contributed by atoms with Crippen molar-refractivity contribution in [3.8, 4) is 28.7 Å². The number of carbonyl (C=O) groups is 3. The molecular weight excluding hydrogens is 770 g/mol. The Kier molecular flexibility index (Phi) is 10.3. The van der Waals surface area contributed by atoms with Crippen LogP contribution in [-0.2, 0) is 26.2 Å². The summed E-state index contributed by atoms with van der Waals surface area (Å²) in [5, 5.41) is 25.1. The lowest BCUT2D eigenvalue weighted by Gasteiger charge is -2.42. The summed E-state index contributed by atoms with van der Waals surface area (Å²) in [4.78, 5) is 54.5. The van der Waals surface area contributed by atoms with Crippen LogP contribution in [0.4, 0.5) is 0 Å². The van der Waals surface area contributed by atoms with Crippen LogP contribution in [-0.4, -0.2) is 97.3 Å². The van der Waals surface area contributed by atoms with E-state index in [1.54, 1.807) is 17.6 Å². The minimum atomic E-state index is -3.83. The third-order valence-corrected chi connectivity index (χ3v) is 13.5. The molecular formula is C39H42ClN3O12S. The van der Waals surface area contributed by atoms with Gasteiger partial charge in [0, 0.05) is 80.2 Å². The van der Waals surface area contributed by atoms with Crippen LogP contribution in [0.3, 0.4) is 0 Å². The normalized spacial score (nSPS) is 23.6. The van der Waals surface area contributed by atoms with Crippen molar-refractivity contribution in [2.75, 3.05) is 46.7 Å². The Balaban J connectivity index is 1.16. The van der Waals surface area contributed by atoms with Gasteiger partial charge in [0.25, 0.3) is 5.56 Å². The summed E-state index contributed by atoms with van der Waals surface area (Å²) in [6.45, 7) is 2.21. The van der Waals surface area contributed by atoms with Gasteiger partial charge in [0.05, 0.1) is 27.1 Å². The summed E-state index contributed by atoms with van der Waals surface area (Å²) in [5.74, 6) is -5.40. The monoisotopic (exact) mass is 811 g/mol. The van der Waals surface area contributed by atoms with E-state index in [1.165, 1.54) is 56.0 Å². The number of piperidine rings is 1. The molecule has 1 saturated heterocycles. The van der Waals surface area contributed by atoms with E-state index in [1.807, 2.05) is 6.07 Å². The zero-order valence-electron chi connectivity index (χ0n) is 31.2. The number of aromatic nitrogens is 1. The van der Waals surface area contributed by atoms with Crippen molar-refractivity contribution < 1.29 is 52.0 Å². The average Bonchev–Trinajstić information content (AvgIpc) is 3.48. The molecule has 5 atom stereocenters. The van der Waals surface area contributed by atoms with Gasteiger partial charge in [0.2, 0.25) is 27.3 Å². The highest BCUT2D eigenvalue weighted by molar-refractivity contribution is 7.89. The van der Waals surface area contributed by atoms with Gasteiger partial charge in [0.15, 0.2) is 28.8 Å². The summed E-state index contributed by atoms with van der Waals surface area (Å²) in [6.07, 6.45) is 0.0370. The summed E-state index contributed by atoms with van der Waals surface area (Å²) in [6, 6.07) is 10.6. The quantitative estimate of drug-likeness (QED) is 0.254. The van der Waals surface area contributed by atoms with Gasteiger partial charge >= 0.3 is 0 Å². The first-order valence-electron chi connectivity index (χ1n) is 18.1. The van der Waals surface area contributed by atoms with Crippen molar-refractivity contribution in [2.24, 2.45) is 11.8 Å². The molecule has 0 saturated carbocycles. The molecule has 15 nitrogen and oxygen atoms in total. The first-order valence-corrected chi connectivity index (χ1v) is 20.1. The number of carbonyl (C=O) groups excluding carboxylic acids is 3. The number of aromatic hydroxyl groups is 1. The van der Waals surface area contributed by atoms with Crippen molar-refractivity contribution in [3.63, 3.8) is 0 Å². The van der Waals surface area contributed by atoms with Crippen LogP contribution >= 0.6 is 11.6 Å². The Labute approximate surface area is 327 Å². The Morgan fingerprint density at radius 2 is 1.75 bits per heavy atom. The van der Waals surface area contributed by atoms with Gasteiger partial charge in [-0.2, -0.15) is 0 Å². The summed E-state index contributed by atoms with van der Waals surface area (Å²) >= 11 is 6.60. The summed E-state index contributed by atoms with van der Waals surface area (Å²) < 4.78 is 52.7. The van der Waals surface area contributed by atoms with Crippen LogP contribution < -0.4 is 29.8 Å². The molecule has 3 aliphatic heterocycles. The molecule has 1 spiro atoms. The zero-order chi connectivity index (χ0) is 40.3. The number of sulfonamides is 1. The van der Waals surface area contributed by atoms with Crippen LogP contribution in [0.25, 0.3) is 0 Å². The minimum absolute atomic E-state index is 0.0217. The van der Waals surface area contributed by atoms with Crippen LogP contribution in [0, 0.1) is 11.8 Å². The molecule has 7 rings (SSSR count). The number of amides is 1. The van der Waals surface area contributed by atoms with Gasteiger partial charge < -0.3 is 39.0 Å². The van der Waals surface area contributed by atoms with Crippen LogP contribution in [0.5, 0.6) is 28.7 Å². The molecule has 3 unspecified atom stereocenters. The molecule has 1 aromatic heterocycles. The molecule has 56 heavy (non-hydrogen) atoms. The first-order chi connectivity index (χ1) is 26.6. The largest absolute Gasteiger partial charge is 0.507 e. The zero-order valence-corrected chi connectivity index (χ0v) is 32.7. The van der Waals surface area contributed by atoms with Gasteiger partial charge in [0.1, 0.15) is 22.1 Å². The van der Waals surface area contributed by atoms with E-state index in [-0.39, 0.29) is 93.9 Å². The number of benzene rings is 2. The average molecular weight is 812 g/mol. The number of pyridine rings is 1. The Morgan fingerprint density at radius 1 is 1.02 bits per heavy atom. The maximum Gasteiger partial charge on any atom is 0.250 e. The van der Waals surface area contributed by atoms with E-state index in [0.717, 1.165) is 12.1 Å². The van der Waals surface area contributed by atoms with Crippen LogP contribution in [0.2, 0.25) is 5.02 Å². The number of ether oxygens (including phenoxy) is 4. The second-order valence-electron chi connectivity index (χ2n) is 14.6. The molecule has 1 fully saturated rings. The van der Waals surface area contributed by atoms with E-state index in [4.69, 9.17) is 30.5 Å². The molecule has 2 bridgehead atoms. The number of hydrogen-bond donors (Lipinski definition) is 3. The highest BCUT2D eigenvalue weighted by Gasteiger charge is 2.61. The van der Waals surface area contributed by atoms with E-state index in [0.29, 0.717) is 6.54 Å². The maximum atomic E-state index is 14.4. The number of phenols is 1. The third-order valence-electron chi connectivity index (χ3n) is 11.4. The molecule has 3 N–H and O–H groups in total. The molecule has 2 aromatic carbocycles. The van der Waals surface area contributed by atoms with E-state index < -0.39 is 62.9 Å². The van der Waals surface area contributed by atoms with Crippen molar-refractivity contribution >= 4 is 39.1 Å². The van der Waals surface area contributed by atoms with Gasteiger partial charge in [-0.3, -0.25) is 19.2 Å². The number of hydrogen-bond acceptors (Lipinski definition) is 12. The number of rotatable bonds is 11. The summed E-state index contributed by atoms with van der Waals surface area (Å²) in [7, 11) is 0.199. The lowest BCUT2D eigenvalue weighted by molar-refractivity contribution is -0.121. The van der Waals surface area contributed by atoms with E-state index >= 15 is 0 Å². The lowest BCUT2D eigenvalue weighted by Crippen LogP contribution is -2.53. The van der Waals surface area contributed by atoms with Crippen molar-refractivity contribution in [1.29, 1.82) is 0 Å². The predicted molar refractivity (Wildman–Crippen MR) is 203 cm³/mol. The maximum absolute atomic E-state index is 14.4. The first kappa shape index (κ1) is 39.2. The molecule has 4 heterocycles. The molecule has 4 aliphatic rings. The highest BCUT2D eigenvalue weighted by Crippen LogP contribution is 2.56. The second-order valence-corrected chi connectivity index (χ2v) is 17.1. The Bertz CT molecular complexity index is 2340. The van der Waals surface area contributed by atoms with Gasteiger partial charge in [-0.15, -0.1) is 0 Å². The smallest absolute Gasteiger partial charge is 0.250 e. The lowest BCUT2D eigenvalue weighted by atomic mass is 9.69. The Hall–Kier alpha value is -5.06. The number of nitrogens with one attached hydrogen (secondary N) is 1. The Morgan fingerprint density at radius 3 is 2.46 bits per heavy atom. The van der Waals surface area contributed by atoms with Crippen molar-refractivity contribution in [2.45, 2.75) is 50.2 Å². The number of nitrogens with zero attached hydrogens (tertiary/aromatic N) is 2. The van der Waals surface area contributed by atoms with E-state index in [2.05, 4.69) is 5.32 Å². The molecule has 0 radical (unpaired) electrons. The van der Waals surface area contributed by atoms with Gasteiger partial charge in [-0.25, -0.2) is 12.7 Å². The SMILES string of the molecule is COc1cc(C(CC(=O)NCCS(=O)(=O)N2CC3CC(C2)c2cccc(=O)n2C3)C2=C(O)[C@@]3(Oc4c(Cl)c(OC)cc(OC)c4C3=O)[C@H](C)CC2=O)ccc1O. The van der Waals surface area contributed by atoms with E-state index in [9.17, 15) is 37.8 Å². The molecule has 1 amide bonds. The number of methoxy groups -OCH3 is 3. The molecule has 17 heteroatoms. The number of ketones is 2.